The van der Waals surface area contributed by atoms with Gasteiger partial charge in [-0.2, -0.15) is 0 Å². The highest BCUT2D eigenvalue weighted by atomic mass is 79.9. The van der Waals surface area contributed by atoms with Crippen molar-refractivity contribution >= 4 is 37.4 Å². The van der Waals surface area contributed by atoms with Gasteiger partial charge in [0.2, 0.25) is 0 Å². The molecule has 0 nitrogen and oxygen atoms in total. The molecule has 0 fully saturated rings. The second-order valence-corrected chi connectivity index (χ2v) is 4.36. The second kappa shape index (κ2) is 2.82. The minimum absolute atomic E-state index is 0.132. The molecule has 0 bridgehead atoms. The molecule has 0 amide bonds. The van der Waals surface area contributed by atoms with Crippen LogP contribution in [0.1, 0.15) is 5.56 Å². The summed E-state index contributed by atoms with van der Waals surface area (Å²) in [6.45, 7) is 1.90. The number of rotatable bonds is 0. The van der Waals surface area contributed by atoms with E-state index < -0.39 is 0 Å². The molecule has 0 N–H and O–H groups in total. The van der Waals surface area contributed by atoms with Crippen LogP contribution in [0.5, 0.6) is 0 Å². The van der Waals surface area contributed by atoms with Crippen LogP contribution >= 0.6 is 27.3 Å². The van der Waals surface area contributed by atoms with E-state index in [4.69, 9.17) is 0 Å². The molecule has 12 heavy (non-hydrogen) atoms. The third-order valence-electron chi connectivity index (χ3n) is 1.81. The van der Waals surface area contributed by atoms with Crippen LogP contribution in [0.15, 0.2) is 22.0 Å². The van der Waals surface area contributed by atoms with Crippen molar-refractivity contribution in [3.63, 3.8) is 0 Å². The first-order valence-electron chi connectivity index (χ1n) is 3.52. The highest BCUT2D eigenvalue weighted by Gasteiger charge is 2.07. The van der Waals surface area contributed by atoms with Gasteiger partial charge in [-0.1, -0.05) is 0 Å². The normalized spacial score (nSPS) is 10.9. The smallest absolute Gasteiger partial charge is 0.132 e. The number of benzene rings is 1. The summed E-state index contributed by atoms with van der Waals surface area (Å²) in [4.78, 5) is 0. The first-order valence-corrected chi connectivity index (χ1v) is 5.19. The molecule has 0 saturated carbocycles. The van der Waals surface area contributed by atoms with Crippen LogP contribution in [-0.4, -0.2) is 0 Å². The number of hydrogen-bond donors (Lipinski definition) is 0. The van der Waals surface area contributed by atoms with Crippen LogP contribution in [-0.2, 0) is 0 Å². The molecule has 62 valence electrons. The fraction of sp³-hybridized carbons (Fsp3) is 0.111. The number of aryl methyl sites for hydroxylation is 1. The van der Waals surface area contributed by atoms with Gasteiger partial charge in [0, 0.05) is 9.86 Å². The van der Waals surface area contributed by atoms with E-state index in [0.29, 0.717) is 5.39 Å². The molecule has 2 rings (SSSR count). The summed E-state index contributed by atoms with van der Waals surface area (Å²) in [5.74, 6) is -0.132. The molecule has 0 saturated heterocycles. The van der Waals surface area contributed by atoms with Crippen molar-refractivity contribution in [3.05, 3.63) is 33.4 Å². The minimum atomic E-state index is -0.132. The summed E-state index contributed by atoms with van der Waals surface area (Å²) in [6.07, 6.45) is 0. The zero-order valence-corrected chi connectivity index (χ0v) is 8.80. The predicted octanol–water partition coefficient (Wildman–Crippen LogP) is 4.11. The third-order valence-corrected chi connectivity index (χ3v) is 4.03. The molecular weight excluding hydrogens is 239 g/mol. The Labute approximate surface area is 82.2 Å². The van der Waals surface area contributed by atoms with Gasteiger partial charge in [-0.05, 0) is 45.9 Å². The lowest BCUT2D eigenvalue weighted by Crippen LogP contribution is -1.80. The van der Waals surface area contributed by atoms with Crippen LogP contribution in [0.25, 0.3) is 10.1 Å². The van der Waals surface area contributed by atoms with Gasteiger partial charge in [-0.15, -0.1) is 11.3 Å². The Morgan fingerprint density at radius 1 is 1.50 bits per heavy atom. The maximum absolute atomic E-state index is 13.2. The number of halogens is 2. The Morgan fingerprint density at radius 2 is 2.25 bits per heavy atom. The number of hydrogen-bond acceptors (Lipinski definition) is 1. The first-order chi connectivity index (χ1) is 5.70. The zero-order chi connectivity index (χ0) is 8.72. The predicted molar refractivity (Wildman–Crippen MR) is 54.2 cm³/mol. The van der Waals surface area contributed by atoms with Crippen molar-refractivity contribution in [3.8, 4) is 0 Å². The molecule has 2 aromatic rings. The molecular formula is C9H6BrFS. The summed E-state index contributed by atoms with van der Waals surface area (Å²) in [5, 5.41) is 2.61. The van der Waals surface area contributed by atoms with Crippen LogP contribution in [0, 0.1) is 12.7 Å². The van der Waals surface area contributed by atoms with E-state index in [1.165, 1.54) is 0 Å². The lowest BCUT2D eigenvalue weighted by molar-refractivity contribution is 0.639. The highest BCUT2D eigenvalue weighted by Crippen LogP contribution is 2.33. The molecule has 1 heterocycles. The highest BCUT2D eigenvalue weighted by molar-refractivity contribution is 9.10. The molecule has 3 heteroatoms. The van der Waals surface area contributed by atoms with Gasteiger partial charge in [0.15, 0.2) is 0 Å². The standard InChI is InChI=1S/C9H6BrFS/c1-5-4-7(11)6-2-3-12-9(6)8(5)10/h2-4H,1H3. The lowest BCUT2D eigenvalue weighted by atomic mass is 10.2. The van der Waals surface area contributed by atoms with Crippen molar-refractivity contribution in [2.45, 2.75) is 6.92 Å². The SMILES string of the molecule is Cc1cc(F)c2ccsc2c1Br. The minimum Gasteiger partial charge on any atom is -0.206 e. The Balaban J connectivity index is 2.97. The Morgan fingerprint density at radius 3 is 3.00 bits per heavy atom. The van der Waals surface area contributed by atoms with E-state index in [9.17, 15) is 4.39 Å². The molecule has 0 radical (unpaired) electrons. The first kappa shape index (κ1) is 8.20. The van der Waals surface area contributed by atoms with Gasteiger partial charge >= 0.3 is 0 Å². The summed E-state index contributed by atoms with van der Waals surface area (Å²) in [6, 6.07) is 3.36. The van der Waals surface area contributed by atoms with E-state index in [1.54, 1.807) is 23.5 Å². The number of thiophene rings is 1. The summed E-state index contributed by atoms with van der Waals surface area (Å²) < 4.78 is 15.2. The Kier molecular flexibility index (Phi) is 1.93. The third kappa shape index (κ3) is 1.08. The molecule has 0 spiro atoms. The average Bonchev–Trinajstić information content (AvgIpc) is 2.48. The topological polar surface area (TPSA) is 0 Å². The van der Waals surface area contributed by atoms with E-state index in [2.05, 4.69) is 15.9 Å². The molecule has 0 aliphatic carbocycles. The van der Waals surface area contributed by atoms with Gasteiger partial charge in [0.25, 0.3) is 0 Å². The molecule has 0 aliphatic heterocycles. The summed E-state index contributed by atoms with van der Waals surface area (Å²) >= 11 is 4.99. The quantitative estimate of drug-likeness (QED) is 0.655. The molecule has 1 aromatic carbocycles. The maximum Gasteiger partial charge on any atom is 0.132 e. The summed E-state index contributed by atoms with van der Waals surface area (Å²) in [5.41, 5.74) is 0.947. The lowest BCUT2D eigenvalue weighted by Gasteiger charge is -1.99. The average molecular weight is 245 g/mol. The molecule has 0 unspecified atom stereocenters. The largest absolute Gasteiger partial charge is 0.206 e. The van der Waals surface area contributed by atoms with Gasteiger partial charge in [-0.25, -0.2) is 4.39 Å². The molecule has 1 aromatic heterocycles. The monoisotopic (exact) mass is 244 g/mol. The van der Waals surface area contributed by atoms with E-state index >= 15 is 0 Å². The molecule has 0 atom stereocenters. The summed E-state index contributed by atoms with van der Waals surface area (Å²) in [7, 11) is 0. The van der Waals surface area contributed by atoms with Crippen LogP contribution in [0.4, 0.5) is 4.39 Å². The van der Waals surface area contributed by atoms with Crippen molar-refractivity contribution in [1.29, 1.82) is 0 Å². The van der Waals surface area contributed by atoms with Crippen LogP contribution in [0.3, 0.4) is 0 Å². The van der Waals surface area contributed by atoms with Gasteiger partial charge < -0.3 is 0 Å². The van der Waals surface area contributed by atoms with Crippen LogP contribution in [0.2, 0.25) is 0 Å². The van der Waals surface area contributed by atoms with E-state index in [0.717, 1.165) is 14.7 Å². The van der Waals surface area contributed by atoms with Crippen molar-refractivity contribution in [2.75, 3.05) is 0 Å². The van der Waals surface area contributed by atoms with Gasteiger partial charge in [0.1, 0.15) is 5.82 Å². The van der Waals surface area contributed by atoms with Gasteiger partial charge in [-0.3, -0.25) is 0 Å². The second-order valence-electron chi connectivity index (χ2n) is 2.65. The Hall–Kier alpha value is -0.410. The van der Waals surface area contributed by atoms with Crippen molar-refractivity contribution < 1.29 is 4.39 Å². The van der Waals surface area contributed by atoms with E-state index in [1.807, 2.05) is 12.3 Å². The fourth-order valence-corrected chi connectivity index (χ4v) is 2.68. The van der Waals surface area contributed by atoms with Crippen LogP contribution < -0.4 is 0 Å². The van der Waals surface area contributed by atoms with Crippen molar-refractivity contribution in [2.24, 2.45) is 0 Å². The Bertz CT molecular complexity index is 433. The molecule has 0 aliphatic rings. The zero-order valence-electron chi connectivity index (χ0n) is 6.40. The maximum atomic E-state index is 13.2. The van der Waals surface area contributed by atoms with Crippen molar-refractivity contribution in [1.82, 2.24) is 0 Å². The number of fused-ring (bicyclic) bond motifs is 1. The van der Waals surface area contributed by atoms with Gasteiger partial charge in [0.05, 0.1) is 4.70 Å². The fourth-order valence-electron chi connectivity index (χ4n) is 1.18. The van der Waals surface area contributed by atoms with E-state index in [-0.39, 0.29) is 5.82 Å².